The number of rotatable bonds is 2. The van der Waals surface area contributed by atoms with Gasteiger partial charge in [-0.25, -0.2) is 0 Å². The number of carbonyl (C=O) groups is 1. The van der Waals surface area contributed by atoms with Gasteiger partial charge in [0.15, 0.2) is 0 Å². The van der Waals surface area contributed by atoms with Crippen molar-refractivity contribution in [3.8, 4) is 5.75 Å². The highest BCUT2D eigenvalue weighted by molar-refractivity contribution is 5.94. The van der Waals surface area contributed by atoms with Gasteiger partial charge in [0.05, 0.1) is 5.69 Å². The zero-order valence-corrected chi connectivity index (χ0v) is 9.89. The van der Waals surface area contributed by atoms with Crippen molar-refractivity contribution in [2.75, 3.05) is 38.1 Å². The Balaban J connectivity index is 2.25. The van der Waals surface area contributed by atoms with Gasteiger partial charge in [-0.05, 0) is 25.2 Å². The molecule has 1 aromatic rings. The zero-order valence-electron chi connectivity index (χ0n) is 9.89. The van der Waals surface area contributed by atoms with Crippen LogP contribution in [0.15, 0.2) is 18.2 Å². The molecule has 1 aromatic carbocycles. The van der Waals surface area contributed by atoms with Gasteiger partial charge >= 0.3 is 0 Å². The first-order valence-electron chi connectivity index (χ1n) is 5.64. The largest absolute Gasteiger partial charge is 0.506 e. The first-order valence-corrected chi connectivity index (χ1v) is 5.64. The maximum atomic E-state index is 11.1. The third-order valence-corrected chi connectivity index (χ3v) is 3.10. The maximum absolute atomic E-state index is 11.1. The molecule has 1 amide bonds. The Morgan fingerprint density at radius 3 is 2.53 bits per heavy atom. The molecule has 1 heterocycles. The number of nitrogens with two attached hydrogens (primary N) is 1. The molecule has 5 nitrogen and oxygen atoms in total. The lowest BCUT2D eigenvalue weighted by atomic mass is 10.1. The van der Waals surface area contributed by atoms with Gasteiger partial charge < -0.3 is 20.6 Å². The second kappa shape index (κ2) is 4.63. The standard InChI is InChI=1S/C12H17N3O2/c1-14-4-6-15(7-5-14)10-8-9(12(13)17)2-3-11(10)16/h2-3,8,16H,4-7H2,1H3,(H2,13,17). The number of carbonyl (C=O) groups excluding carboxylic acids is 1. The van der Waals surface area contributed by atoms with Crippen LogP contribution in [0.3, 0.4) is 0 Å². The molecule has 17 heavy (non-hydrogen) atoms. The number of hydrogen-bond donors (Lipinski definition) is 2. The van der Waals surface area contributed by atoms with Crippen LogP contribution in [-0.4, -0.2) is 49.1 Å². The molecular formula is C12H17N3O2. The number of piperazine rings is 1. The quantitative estimate of drug-likeness (QED) is 0.770. The highest BCUT2D eigenvalue weighted by Crippen LogP contribution is 2.28. The summed E-state index contributed by atoms with van der Waals surface area (Å²) in [7, 11) is 2.07. The van der Waals surface area contributed by atoms with E-state index < -0.39 is 5.91 Å². The lowest BCUT2D eigenvalue weighted by Gasteiger charge is -2.34. The summed E-state index contributed by atoms with van der Waals surface area (Å²) in [5.41, 5.74) is 6.35. The fraction of sp³-hybridized carbons (Fsp3) is 0.417. The Morgan fingerprint density at radius 1 is 1.29 bits per heavy atom. The molecule has 0 saturated carbocycles. The SMILES string of the molecule is CN1CCN(c2cc(C(N)=O)ccc2O)CC1. The second-order valence-electron chi connectivity index (χ2n) is 4.36. The Labute approximate surface area is 100 Å². The zero-order chi connectivity index (χ0) is 12.4. The number of likely N-dealkylation sites (N-methyl/N-ethyl adjacent to an activating group) is 1. The van der Waals surface area contributed by atoms with Crippen molar-refractivity contribution in [2.45, 2.75) is 0 Å². The van der Waals surface area contributed by atoms with E-state index in [4.69, 9.17) is 5.73 Å². The summed E-state index contributed by atoms with van der Waals surface area (Å²) in [6.45, 7) is 3.57. The minimum atomic E-state index is -0.472. The van der Waals surface area contributed by atoms with Gasteiger partial charge in [0.1, 0.15) is 5.75 Å². The normalized spacial score (nSPS) is 17.1. The molecule has 1 saturated heterocycles. The lowest BCUT2D eigenvalue weighted by Crippen LogP contribution is -2.44. The first kappa shape index (κ1) is 11.7. The van der Waals surface area contributed by atoms with E-state index in [1.807, 2.05) is 0 Å². The number of anilines is 1. The molecule has 0 aliphatic carbocycles. The Bertz CT molecular complexity index is 426. The number of phenolic OH excluding ortho intramolecular Hbond substituents is 1. The summed E-state index contributed by atoms with van der Waals surface area (Å²) < 4.78 is 0. The van der Waals surface area contributed by atoms with Crippen LogP contribution in [0.4, 0.5) is 5.69 Å². The summed E-state index contributed by atoms with van der Waals surface area (Å²) in [5, 5.41) is 9.83. The van der Waals surface area contributed by atoms with Crippen molar-refractivity contribution in [3.05, 3.63) is 23.8 Å². The Morgan fingerprint density at radius 2 is 1.94 bits per heavy atom. The molecule has 2 rings (SSSR count). The molecule has 5 heteroatoms. The summed E-state index contributed by atoms with van der Waals surface area (Å²) in [5.74, 6) is -0.278. The van der Waals surface area contributed by atoms with Crippen molar-refractivity contribution in [1.29, 1.82) is 0 Å². The number of phenols is 1. The van der Waals surface area contributed by atoms with Crippen LogP contribution in [0.2, 0.25) is 0 Å². The Hall–Kier alpha value is -1.75. The number of hydrogen-bond acceptors (Lipinski definition) is 4. The van der Waals surface area contributed by atoms with E-state index in [1.165, 1.54) is 12.1 Å². The lowest BCUT2D eigenvalue weighted by molar-refractivity contribution is 0.100. The predicted octanol–water partition coefficient (Wildman–Crippen LogP) is 0.243. The molecule has 1 aliphatic heterocycles. The molecule has 0 aromatic heterocycles. The molecule has 0 unspecified atom stereocenters. The van der Waals surface area contributed by atoms with Gasteiger partial charge in [-0.3, -0.25) is 4.79 Å². The van der Waals surface area contributed by atoms with E-state index in [0.29, 0.717) is 11.3 Å². The van der Waals surface area contributed by atoms with Gasteiger partial charge in [0, 0.05) is 31.7 Å². The number of primary amides is 1. The summed E-state index contributed by atoms with van der Waals surface area (Å²) >= 11 is 0. The van der Waals surface area contributed by atoms with Crippen molar-refractivity contribution >= 4 is 11.6 Å². The van der Waals surface area contributed by atoms with Crippen LogP contribution in [0.25, 0.3) is 0 Å². The Kier molecular flexibility index (Phi) is 3.19. The fourth-order valence-electron chi connectivity index (χ4n) is 1.98. The van der Waals surface area contributed by atoms with E-state index in [0.717, 1.165) is 26.2 Å². The van der Waals surface area contributed by atoms with Crippen LogP contribution in [-0.2, 0) is 0 Å². The highest BCUT2D eigenvalue weighted by atomic mass is 16.3. The van der Waals surface area contributed by atoms with E-state index in [2.05, 4.69) is 16.8 Å². The third kappa shape index (κ3) is 2.50. The molecule has 0 atom stereocenters. The minimum Gasteiger partial charge on any atom is -0.506 e. The van der Waals surface area contributed by atoms with Crippen molar-refractivity contribution in [3.63, 3.8) is 0 Å². The van der Waals surface area contributed by atoms with Crippen molar-refractivity contribution < 1.29 is 9.90 Å². The van der Waals surface area contributed by atoms with Gasteiger partial charge in [-0.15, -0.1) is 0 Å². The summed E-state index contributed by atoms with van der Waals surface area (Å²) in [6, 6.07) is 4.72. The smallest absolute Gasteiger partial charge is 0.248 e. The van der Waals surface area contributed by atoms with Crippen molar-refractivity contribution in [2.24, 2.45) is 5.73 Å². The molecule has 92 valence electrons. The van der Waals surface area contributed by atoms with Gasteiger partial charge in [-0.2, -0.15) is 0 Å². The molecule has 1 fully saturated rings. The van der Waals surface area contributed by atoms with E-state index >= 15 is 0 Å². The maximum Gasteiger partial charge on any atom is 0.248 e. The minimum absolute atomic E-state index is 0.194. The third-order valence-electron chi connectivity index (χ3n) is 3.10. The van der Waals surface area contributed by atoms with Crippen LogP contribution in [0.1, 0.15) is 10.4 Å². The number of benzene rings is 1. The van der Waals surface area contributed by atoms with E-state index in [-0.39, 0.29) is 5.75 Å². The number of nitrogens with zero attached hydrogens (tertiary/aromatic N) is 2. The van der Waals surface area contributed by atoms with Crippen LogP contribution >= 0.6 is 0 Å². The van der Waals surface area contributed by atoms with E-state index in [1.54, 1.807) is 6.07 Å². The van der Waals surface area contributed by atoms with Gasteiger partial charge in [0.2, 0.25) is 5.91 Å². The van der Waals surface area contributed by atoms with Crippen LogP contribution in [0, 0.1) is 0 Å². The number of aromatic hydroxyl groups is 1. The number of amides is 1. The molecule has 0 bridgehead atoms. The summed E-state index contributed by atoms with van der Waals surface area (Å²) in [6.07, 6.45) is 0. The predicted molar refractivity (Wildman–Crippen MR) is 66.3 cm³/mol. The van der Waals surface area contributed by atoms with Gasteiger partial charge in [0.25, 0.3) is 0 Å². The van der Waals surface area contributed by atoms with E-state index in [9.17, 15) is 9.90 Å². The van der Waals surface area contributed by atoms with Crippen LogP contribution < -0.4 is 10.6 Å². The fourth-order valence-corrected chi connectivity index (χ4v) is 1.98. The first-order chi connectivity index (χ1) is 8.08. The molecule has 1 aliphatic rings. The summed E-state index contributed by atoms with van der Waals surface area (Å²) in [4.78, 5) is 15.4. The average Bonchev–Trinajstić information content (AvgIpc) is 2.31. The van der Waals surface area contributed by atoms with Crippen LogP contribution in [0.5, 0.6) is 5.75 Å². The second-order valence-corrected chi connectivity index (χ2v) is 4.36. The van der Waals surface area contributed by atoms with Crippen molar-refractivity contribution in [1.82, 2.24) is 4.90 Å². The van der Waals surface area contributed by atoms with Gasteiger partial charge in [-0.1, -0.05) is 0 Å². The molecular weight excluding hydrogens is 218 g/mol. The molecule has 3 N–H and O–H groups in total. The topological polar surface area (TPSA) is 69.8 Å². The molecule has 0 radical (unpaired) electrons. The average molecular weight is 235 g/mol. The highest BCUT2D eigenvalue weighted by Gasteiger charge is 2.18. The monoisotopic (exact) mass is 235 g/mol. The molecule has 0 spiro atoms.